The van der Waals surface area contributed by atoms with Crippen molar-refractivity contribution in [3.05, 3.63) is 59.2 Å². The van der Waals surface area contributed by atoms with Crippen molar-refractivity contribution in [2.75, 3.05) is 19.1 Å². The van der Waals surface area contributed by atoms with Crippen molar-refractivity contribution in [2.45, 2.75) is 58.0 Å². The highest BCUT2D eigenvalue weighted by molar-refractivity contribution is 6.07. The van der Waals surface area contributed by atoms with Gasteiger partial charge in [-0.3, -0.25) is 9.59 Å². The molecule has 2 aromatic rings. The van der Waals surface area contributed by atoms with Crippen LogP contribution in [0.3, 0.4) is 0 Å². The SMILES string of the molecule is COC(=O)CCCCCc1cccc(COc2ccc3c(c2)N(C)C(=O)C3(C)C)c1. The van der Waals surface area contributed by atoms with Crippen molar-refractivity contribution in [2.24, 2.45) is 0 Å². The van der Waals surface area contributed by atoms with Crippen LogP contribution in [-0.4, -0.2) is 26.0 Å². The quantitative estimate of drug-likeness (QED) is 0.441. The van der Waals surface area contributed by atoms with E-state index in [4.69, 9.17) is 4.74 Å². The molecule has 1 aliphatic heterocycles. The third kappa shape index (κ3) is 4.84. The summed E-state index contributed by atoms with van der Waals surface area (Å²) in [6.07, 6.45) is 4.39. The van der Waals surface area contributed by atoms with E-state index in [9.17, 15) is 9.59 Å². The first-order chi connectivity index (χ1) is 14.3. The molecular formula is C25H31NO4. The number of rotatable bonds is 9. The summed E-state index contributed by atoms with van der Waals surface area (Å²) in [5.41, 5.74) is 3.86. The molecule has 0 saturated heterocycles. The second-order valence-corrected chi connectivity index (χ2v) is 8.41. The molecule has 160 valence electrons. The third-order valence-corrected chi connectivity index (χ3v) is 5.81. The van der Waals surface area contributed by atoms with Crippen LogP contribution in [0.1, 0.15) is 56.2 Å². The third-order valence-electron chi connectivity index (χ3n) is 5.81. The van der Waals surface area contributed by atoms with Gasteiger partial charge in [-0.2, -0.15) is 0 Å². The van der Waals surface area contributed by atoms with Gasteiger partial charge in [0.1, 0.15) is 12.4 Å². The summed E-state index contributed by atoms with van der Waals surface area (Å²) in [6.45, 7) is 4.40. The van der Waals surface area contributed by atoms with E-state index < -0.39 is 5.41 Å². The van der Waals surface area contributed by atoms with Crippen LogP contribution < -0.4 is 9.64 Å². The number of esters is 1. The average molecular weight is 410 g/mol. The summed E-state index contributed by atoms with van der Waals surface area (Å²) in [5, 5.41) is 0. The summed E-state index contributed by atoms with van der Waals surface area (Å²) in [4.78, 5) is 25.3. The average Bonchev–Trinajstić information content (AvgIpc) is 2.92. The van der Waals surface area contributed by atoms with Gasteiger partial charge in [0.2, 0.25) is 5.91 Å². The molecule has 5 heteroatoms. The fourth-order valence-corrected chi connectivity index (χ4v) is 3.97. The molecule has 0 N–H and O–H groups in total. The number of benzene rings is 2. The Labute approximate surface area is 179 Å². The number of anilines is 1. The van der Waals surface area contributed by atoms with Gasteiger partial charge < -0.3 is 14.4 Å². The summed E-state index contributed by atoms with van der Waals surface area (Å²) < 4.78 is 10.7. The van der Waals surface area contributed by atoms with Crippen molar-refractivity contribution in [1.82, 2.24) is 0 Å². The highest BCUT2D eigenvalue weighted by Gasteiger charge is 2.42. The van der Waals surface area contributed by atoms with Crippen LogP contribution in [0, 0.1) is 0 Å². The molecule has 2 aromatic carbocycles. The second-order valence-electron chi connectivity index (χ2n) is 8.41. The predicted molar refractivity (Wildman–Crippen MR) is 118 cm³/mol. The first kappa shape index (κ1) is 21.9. The van der Waals surface area contributed by atoms with Crippen LogP contribution in [0.25, 0.3) is 0 Å². The minimum Gasteiger partial charge on any atom is -0.489 e. The molecule has 0 radical (unpaired) electrons. The molecule has 0 fully saturated rings. The first-order valence-electron chi connectivity index (χ1n) is 10.5. The minimum absolute atomic E-state index is 0.105. The van der Waals surface area contributed by atoms with Crippen molar-refractivity contribution < 1.29 is 19.1 Å². The first-order valence-corrected chi connectivity index (χ1v) is 10.5. The van der Waals surface area contributed by atoms with E-state index in [-0.39, 0.29) is 11.9 Å². The van der Waals surface area contributed by atoms with Gasteiger partial charge in [-0.25, -0.2) is 0 Å². The lowest BCUT2D eigenvalue weighted by molar-refractivity contribution is -0.140. The van der Waals surface area contributed by atoms with E-state index >= 15 is 0 Å². The molecule has 0 saturated carbocycles. The van der Waals surface area contributed by atoms with Gasteiger partial charge in [0, 0.05) is 19.5 Å². The van der Waals surface area contributed by atoms with Crippen LogP contribution >= 0.6 is 0 Å². The van der Waals surface area contributed by atoms with Gasteiger partial charge in [0.15, 0.2) is 0 Å². The molecule has 0 spiro atoms. The van der Waals surface area contributed by atoms with Crippen LogP contribution in [0.4, 0.5) is 5.69 Å². The maximum atomic E-state index is 12.5. The Bertz CT molecular complexity index is 919. The number of amides is 1. The van der Waals surface area contributed by atoms with Crippen LogP contribution in [-0.2, 0) is 32.8 Å². The lowest BCUT2D eigenvalue weighted by atomic mass is 9.86. The predicted octanol–water partition coefficient (Wildman–Crippen LogP) is 4.80. The van der Waals surface area contributed by atoms with Gasteiger partial charge in [-0.15, -0.1) is 0 Å². The molecule has 0 atom stereocenters. The van der Waals surface area contributed by atoms with Gasteiger partial charge >= 0.3 is 5.97 Å². The largest absolute Gasteiger partial charge is 0.489 e. The number of ether oxygens (including phenoxy) is 2. The van der Waals surface area contributed by atoms with Crippen molar-refractivity contribution in [3.8, 4) is 5.75 Å². The number of fused-ring (bicyclic) bond motifs is 1. The second kappa shape index (κ2) is 9.33. The molecule has 30 heavy (non-hydrogen) atoms. The Balaban J connectivity index is 1.54. The Morgan fingerprint density at radius 3 is 2.57 bits per heavy atom. The van der Waals surface area contributed by atoms with E-state index in [2.05, 4.69) is 29.0 Å². The zero-order valence-corrected chi connectivity index (χ0v) is 18.4. The highest BCUT2D eigenvalue weighted by atomic mass is 16.5. The number of aryl methyl sites for hydroxylation is 1. The van der Waals surface area contributed by atoms with E-state index in [1.54, 1.807) is 4.90 Å². The standard InChI is InChI=1S/C25H31NO4/c1-25(2)21-14-13-20(16-22(21)26(3)24(25)28)30-17-19-11-8-10-18(15-19)9-6-5-7-12-23(27)29-4/h8,10-11,13-16H,5-7,9,12,17H2,1-4H3. The van der Waals surface area contributed by atoms with Gasteiger partial charge in [-0.05, 0) is 55.9 Å². The van der Waals surface area contributed by atoms with E-state index in [0.29, 0.717) is 13.0 Å². The van der Waals surface area contributed by atoms with Crippen LogP contribution in [0.2, 0.25) is 0 Å². The van der Waals surface area contributed by atoms with Crippen molar-refractivity contribution in [1.29, 1.82) is 0 Å². The monoisotopic (exact) mass is 409 g/mol. The molecule has 5 nitrogen and oxygen atoms in total. The van der Waals surface area contributed by atoms with E-state index in [1.165, 1.54) is 12.7 Å². The molecule has 1 heterocycles. The minimum atomic E-state index is -0.492. The number of hydrogen-bond acceptors (Lipinski definition) is 4. The maximum absolute atomic E-state index is 12.5. The Morgan fingerprint density at radius 2 is 1.80 bits per heavy atom. The molecule has 0 aromatic heterocycles. The summed E-state index contributed by atoms with van der Waals surface area (Å²) in [6, 6.07) is 14.3. The number of carbonyl (C=O) groups excluding carboxylic acids is 2. The van der Waals surface area contributed by atoms with Gasteiger partial charge in [-0.1, -0.05) is 36.8 Å². The molecule has 0 unspecified atom stereocenters. The fraction of sp³-hybridized carbons (Fsp3) is 0.440. The Kier molecular flexibility index (Phi) is 6.80. The van der Waals surface area contributed by atoms with Crippen molar-refractivity contribution >= 4 is 17.6 Å². The summed E-state index contributed by atoms with van der Waals surface area (Å²) in [7, 11) is 3.24. The highest BCUT2D eigenvalue weighted by Crippen LogP contribution is 2.42. The normalized spacial score (nSPS) is 14.5. The van der Waals surface area contributed by atoms with Crippen LogP contribution in [0.15, 0.2) is 42.5 Å². The van der Waals surface area contributed by atoms with Crippen molar-refractivity contribution in [3.63, 3.8) is 0 Å². The zero-order chi connectivity index (χ0) is 21.7. The topological polar surface area (TPSA) is 55.8 Å². The number of nitrogens with zero attached hydrogens (tertiary/aromatic N) is 1. The fourth-order valence-electron chi connectivity index (χ4n) is 3.97. The number of unbranched alkanes of at least 4 members (excludes halogenated alkanes) is 2. The molecule has 1 amide bonds. The Hall–Kier alpha value is -2.82. The number of likely N-dealkylation sites (N-methyl/N-ethyl adjacent to an activating group) is 1. The Morgan fingerprint density at radius 1 is 1.03 bits per heavy atom. The molecule has 3 rings (SSSR count). The smallest absolute Gasteiger partial charge is 0.305 e. The van der Waals surface area contributed by atoms with E-state index in [0.717, 1.165) is 48.2 Å². The van der Waals surface area contributed by atoms with Gasteiger partial charge in [0.25, 0.3) is 0 Å². The number of carbonyl (C=O) groups is 2. The summed E-state index contributed by atoms with van der Waals surface area (Å²) >= 11 is 0. The summed E-state index contributed by atoms with van der Waals surface area (Å²) in [5.74, 6) is 0.730. The van der Waals surface area contributed by atoms with Crippen LogP contribution in [0.5, 0.6) is 5.75 Å². The van der Waals surface area contributed by atoms with E-state index in [1.807, 2.05) is 39.1 Å². The lowest BCUT2D eigenvalue weighted by Gasteiger charge is -2.16. The molecule has 1 aliphatic rings. The maximum Gasteiger partial charge on any atom is 0.305 e. The molecule has 0 aliphatic carbocycles. The zero-order valence-electron chi connectivity index (χ0n) is 18.4. The lowest BCUT2D eigenvalue weighted by Crippen LogP contribution is -2.33. The number of hydrogen-bond donors (Lipinski definition) is 0. The molecule has 0 bridgehead atoms. The van der Waals surface area contributed by atoms with Gasteiger partial charge in [0.05, 0.1) is 18.2 Å². The molecular weight excluding hydrogens is 378 g/mol. The number of methoxy groups -OCH3 is 1.